The van der Waals surface area contributed by atoms with Crippen molar-refractivity contribution in [2.75, 3.05) is 40.5 Å². The second-order valence-corrected chi connectivity index (χ2v) is 5.55. The predicted octanol–water partition coefficient (Wildman–Crippen LogP) is 2.05. The van der Waals surface area contributed by atoms with Crippen molar-refractivity contribution in [3.8, 4) is 0 Å². The van der Waals surface area contributed by atoms with Crippen molar-refractivity contribution >= 4 is 5.97 Å². The minimum Gasteiger partial charge on any atom is -0.465 e. The summed E-state index contributed by atoms with van der Waals surface area (Å²) in [6.45, 7) is 11.0. The van der Waals surface area contributed by atoms with Crippen molar-refractivity contribution in [3.05, 3.63) is 0 Å². The zero-order valence-electron chi connectivity index (χ0n) is 14.7. The van der Waals surface area contributed by atoms with Gasteiger partial charge in [-0.25, -0.2) is 0 Å². The van der Waals surface area contributed by atoms with Crippen LogP contribution in [0.1, 0.15) is 47.0 Å². The average Bonchev–Trinajstić information content (AvgIpc) is 2.50. The Hall–Kier alpha value is -0.650. The van der Waals surface area contributed by atoms with E-state index in [2.05, 4.69) is 24.1 Å². The fourth-order valence-corrected chi connectivity index (χ4v) is 2.48. The van der Waals surface area contributed by atoms with Gasteiger partial charge in [0.2, 0.25) is 0 Å². The molecule has 0 aromatic carbocycles. The number of likely N-dealkylation sites (N-methyl/N-ethyl adjacent to an activating group) is 1. The number of hydrogen-bond acceptors (Lipinski definition) is 5. The van der Waals surface area contributed by atoms with Crippen molar-refractivity contribution in [2.24, 2.45) is 0 Å². The van der Waals surface area contributed by atoms with E-state index in [1.807, 2.05) is 20.9 Å². The SMILES string of the molecule is CCOC(=O)C(C)(CCN(CCOC)C(CC)CC)NC. The molecule has 0 amide bonds. The van der Waals surface area contributed by atoms with Crippen molar-refractivity contribution < 1.29 is 14.3 Å². The second-order valence-electron chi connectivity index (χ2n) is 5.55. The first-order chi connectivity index (χ1) is 9.98. The predicted molar refractivity (Wildman–Crippen MR) is 86.5 cm³/mol. The molecule has 0 bridgehead atoms. The Balaban J connectivity index is 4.71. The van der Waals surface area contributed by atoms with Crippen LogP contribution in [0.3, 0.4) is 0 Å². The average molecular weight is 302 g/mol. The summed E-state index contributed by atoms with van der Waals surface area (Å²) in [5.41, 5.74) is -0.632. The molecule has 0 spiro atoms. The van der Waals surface area contributed by atoms with Crippen LogP contribution < -0.4 is 5.32 Å². The number of hydrogen-bond donors (Lipinski definition) is 1. The van der Waals surface area contributed by atoms with Crippen LogP contribution in [0.25, 0.3) is 0 Å². The molecule has 1 unspecified atom stereocenters. The quantitative estimate of drug-likeness (QED) is 0.559. The van der Waals surface area contributed by atoms with Crippen LogP contribution in [-0.2, 0) is 14.3 Å². The van der Waals surface area contributed by atoms with Gasteiger partial charge in [-0.3, -0.25) is 9.69 Å². The molecule has 0 saturated carbocycles. The molecule has 1 N–H and O–H groups in total. The Kier molecular flexibility index (Phi) is 10.6. The van der Waals surface area contributed by atoms with Crippen molar-refractivity contribution in [1.82, 2.24) is 10.2 Å². The highest BCUT2D eigenvalue weighted by Gasteiger charge is 2.33. The van der Waals surface area contributed by atoms with Gasteiger partial charge in [-0.2, -0.15) is 0 Å². The van der Waals surface area contributed by atoms with Gasteiger partial charge in [-0.05, 0) is 40.2 Å². The molecular weight excluding hydrogens is 268 g/mol. The molecule has 0 heterocycles. The Bertz CT molecular complexity index is 283. The summed E-state index contributed by atoms with van der Waals surface area (Å²) in [7, 11) is 3.54. The molecule has 0 aromatic rings. The first-order valence-corrected chi connectivity index (χ1v) is 8.08. The van der Waals surface area contributed by atoms with Gasteiger partial charge in [0.1, 0.15) is 5.54 Å². The fourth-order valence-electron chi connectivity index (χ4n) is 2.48. The minimum atomic E-state index is -0.632. The molecule has 0 aliphatic heterocycles. The van der Waals surface area contributed by atoms with Gasteiger partial charge in [-0.1, -0.05) is 13.8 Å². The summed E-state index contributed by atoms with van der Waals surface area (Å²) in [6, 6.07) is 0.531. The molecule has 1 atom stereocenters. The van der Waals surface area contributed by atoms with Crippen molar-refractivity contribution in [2.45, 2.75) is 58.5 Å². The molecule has 5 heteroatoms. The summed E-state index contributed by atoms with van der Waals surface area (Å²) >= 11 is 0. The van der Waals surface area contributed by atoms with E-state index >= 15 is 0 Å². The van der Waals surface area contributed by atoms with E-state index in [1.54, 1.807) is 7.11 Å². The van der Waals surface area contributed by atoms with Gasteiger partial charge >= 0.3 is 5.97 Å². The van der Waals surface area contributed by atoms with Crippen LogP contribution in [0.5, 0.6) is 0 Å². The van der Waals surface area contributed by atoms with E-state index in [4.69, 9.17) is 9.47 Å². The minimum absolute atomic E-state index is 0.177. The van der Waals surface area contributed by atoms with Gasteiger partial charge in [0.15, 0.2) is 0 Å². The third-order valence-corrected chi connectivity index (χ3v) is 4.22. The lowest BCUT2D eigenvalue weighted by Crippen LogP contribution is -2.51. The zero-order chi connectivity index (χ0) is 16.3. The fraction of sp³-hybridized carbons (Fsp3) is 0.938. The van der Waals surface area contributed by atoms with Crippen LogP contribution in [0.15, 0.2) is 0 Å². The van der Waals surface area contributed by atoms with E-state index in [0.29, 0.717) is 19.3 Å². The number of rotatable bonds is 12. The monoisotopic (exact) mass is 302 g/mol. The standard InChI is InChI=1S/C16H34N2O3/c1-7-14(8-2)18(12-13-20-6)11-10-16(4,17-5)15(19)21-9-3/h14,17H,7-13H2,1-6H3. The molecule has 5 nitrogen and oxygen atoms in total. The highest BCUT2D eigenvalue weighted by molar-refractivity contribution is 5.80. The van der Waals surface area contributed by atoms with Crippen LogP contribution in [0, 0.1) is 0 Å². The number of carbonyl (C=O) groups is 1. The van der Waals surface area contributed by atoms with Crippen molar-refractivity contribution in [3.63, 3.8) is 0 Å². The van der Waals surface area contributed by atoms with Crippen LogP contribution >= 0.6 is 0 Å². The van der Waals surface area contributed by atoms with E-state index in [-0.39, 0.29) is 5.97 Å². The summed E-state index contributed by atoms with van der Waals surface area (Å²) in [5, 5.41) is 3.12. The van der Waals surface area contributed by atoms with Crippen LogP contribution in [0.2, 0.25) is 0 Å². The number of carbonyl (C=O) groups excluding carboxylic acids is 1. The molecule has 0 aromatic heterocycles. The molecule has 0 fully saturated rings. The van der Waals surface area contributed by atoms with E-state index in [1.165, 1.54) is 0 Å². The number of esters is 1. The normalized spacial score (nSPS) is 14.5. The first-order valence-electron chi connectivity index (χ1n) is 8.08. The highest BCUT2D eigenvalue weighted by atomic mass is 16.5. The lowest BCUT2D eigenvalue weighted by Gasteiger charge is -2.34. The first kappa shape index (κ1) is 20.3. The van der Waals surface area contributed by atoms with Crippen LogP contribution in [0.4, 0.5) is 0 Å². The summed E-state index contributed by atoms with van der Waals surface area (Å²) in [6.07, 6.45) is 2.94. The van der Waals surface area contributed by atoms with Crippen molar-refractivity contribution in [1.29, 1.82) is 0 Å². The van der Waals surface area contributed by atoms with Crippen LogP contribution in [-0.4, -0.2) is 62.9 Å². The number of ether oxygens (including phenoxy) is 2. The topological polar surface area (TPSA) is 50.8 Å². The van der Waals surface area contributed by atoms with E-state index in [0.717, 1.165) is 32.4 Å². The molecule has 0 saturated heterocycles. The van der Waals surface area contributed by atoms with E-state index in [9.17, 15) is 4.79 Å². The molecule has 0 rings (SSSR count). The third-order valence-electron chi connectivity index (χ3n) is 4.22. The Labute approximate surface area is 130 Å². The smallest absolute Gasteiger partial charge is 0.326 e. The highest BCUT2D eigenvalue weighted by Crippen LogP contribution is 2.16. The van der Waals surface area contributed by atoms with Gasteiger partial charge in [-0.15, -0.1) is 0 Å². The molecule has 21 heavy (non-hydrogen) atoms. The molecule has 0 aliphatic rings. The maximum Gasteiger partial charge on any atom is 0.326 e. The number of methoxy groups -OCH3 is 1. The third kappa shape index (κ3) is 6.76. The largest absolute Gasteiger partial charge is 0.465 e. The Morgan fingerprint density at radius 3 is 2.29 bits per heavy atom. The Morgan fingerprint density at radius 1 is 1.24 bits per heavy atom. The lowest BCUT2D eigenvalue weighted by molar-refractivity contribution is -0.150. The summed E-state index contributed by atoms with van der Waals surface area (Å²) in [4.78, 5) is 14.5. The maximum atomic E-state index is 12.1. The van der Waals surface area contributed by atoms with Gasteiger partial charge in [0.25, 0.3) is 0 Å². The van der Waals surface area contributed by atoms with Gasteiger partial charge in [0, 0.05) is 26.2 Å². The molecule has 126 valence electrons. The van der Waals surface area contributed by atoms with E-state index < -0.39 is 5.54 Å². The summed E-state index contributed by atoms with van der Waals surface area (Å²) < 4.78 is 10.4. The number of nitrogens with zero attached hydrogens (tertiary/aromatic N) is 1. The zero-order valence-corrected chi connectivity index (χ0v) is 14.7. The molecule has 0 radical (unpaired) electrons. The lowest BCUT2D eigenvalue weighted by atomic mass is 9.97. The second kappa shape index (κ2) is 11.0. The number of nitrogens with one attached hydrogen (secondary N) is 1. The maximum absolute atomic E-state index is 12.1. The van der Waals surface area contributed by atoms with Gasteiger partial charge < -0.3 is 14.8 Å². The van der Waals surface area contributed by atoms with Gasteiger partial charge in [0.05, 0.1) is 13.2 Å². The molecular formula is C16H34N2O3. The Morgan fingerprint density at radius 2 is 1.86 bits per heavy atom. The molecule has 0 aliphatic carbocycles. The summed E-state index contributed by atoms with van der Waals surface area (Å²) in [5.74, 6) is -0.177.